The number of amides is 1. The molecule has 1 saturated heterocycles. The van der Waals surface area contributed by atoms with Gasteiger partial charge in [0.25, 0.3) is 5.91 Å². The van der Waals surface area contributed by atoms with E-state index in [2.05, 4.69) is 0 Å². The smallest absolute Gasteiger partial charge is 0.326 e. The van der Waals surface area contributed by atoms with Crippen molar-refractivity contribution in [2.45, 2.75) is 12.5 Å². The Morgan fingerprint density at radius 3 is 2.65 bits per heavy atom. The number of benzene rings is 1. The minimum atomic E-state index is -1.05. The molecule has 0 bridgehead atoms. The second-order valence-electron chi connectivity index (χ2n) is 4.78. The number of rotatable bonds is 6. The van der Waals surface area contributed by atoms with Crippen LogP contribution in [0.25, 0.3) is 6.08 Å². The Kier molecular flexibility index (Phi) is 6.09. The van der Waals surface area contributed by atoms with E-state index in [1.807, 2.05) is 6.26 Å². The summed E-state index contributed by atoms with van der Waals surface area (Å²) in [6.45, 7) is 0. The molecule has 1 aliphatic rings. The van der Waals surface area contributed by atoms with E-state index < -0.39 is 12.0 Å². The first-order valence-corrected chi connectivity index (χ1v) is 9.33. The zero-order valence-corrected chi connectivity index (χ0v) is 14.7. The van der Waals surface area contributed by atoms with E-state index in [0.29, 0.717) is 17.1 Å². The molecule has 0 unspecified atom stereocenters. The van der Waals surface area contributed by atoms with Gasteiger partial charge in [-0.15, -0.1) is 0 Å². The first kappa shape index (κ1) is 17.8. The van der Waals surface area contributed by atoms with E-state index in [0.717, 1.165) is 17.3 Å². The van der Waals surface area contributed by atoms with Crippen molar-refractivity contribution in [1.82, 2.24) is 4.90 Å². The topological polar surface area (TPSA) is 77.8 Å². The van der Waals surface area contributed by atoms with Crippen LogP contribution >= 0.6 is 35.7 Å². The number of carboxylic acid groups (broad SMARTS) is 1. The molecule has 8 heteroatoms. The normalized spacial score (nSPS) is 17.8. The molecule has 122 valence electrons. The molecule has 0 saturated carbocycles. The zero-order chi connectivity index (χ0) is 17.0. The Balaban J connectivity index is 2.24. The van der Waals surface area contributed by atoms with Crippen molar-refractivity contribution in [3.8, 4) is 5.75 Å². The Morgan fingerprint density at radius 2 is 2.09 bits per heavy atom. The van der Waals surface area contributed by atoms with E-state index in [4.69, 9.17) is 12.2 Å². The van der Waals surface area contributed by atoms with Gasteiger partial charge in [-0.2, -0.15) is 11.8 Å². The average molecular weight is 369 g/mol. The molecule has 0 spiro atoms. The number of thioether (sulfide) groups is 2. The number of nitrogens with zero attached hydrogens (tertiary/aromatic N) is 1. The van der Waals surface area contributed by atoms with Gasteiger partial charge in [0.2, 0.25) is 0 Å². The summed E-state index contributed by atoms with van der Waals surface area (Å²) in [6.07, 6.45) is 3.87. The number of aliphatic carboxylic acids is 1. The largest absolute Gasteiger partial charge is 0.508 e. The standard InChI is InChI=1S/C15H15NO4S3/c1-22-7-6-11(14(19)20)16-13(18)12(23-15(16)21)8-9-2-4-10(17)5-3-9/h2-5,8,11,17H,6-7H2,1H3,(H,19,20)/b12-8+/t11-/m1/s1. The zero-order valence-electron chi connectivity index (χ0n) is 12.3. The van der Waals surface area contributed by atoms with Crippen molar-refractivity contribution in [2.75, 3.05) is 12.0 Å². The molecule has 0 radical (unpaired) electrons. The molecule has 1 aliphatic heterocycles. The molecule has 1 fully saturated rings. The van der Waals surface area contributed by atoms with Crippen LogP contribution in [0.5, 0.6) is 5.75 Å². The molecule has 0 aliphatic carbocycles. The number of carboxylic acids is 1. The fourth-order valence-corrected chi connectivity index (χ4v) is 3.88. The molecule has 1 heterocycles. The summed E-state index contributed by atoms with van der Waals surface area (Å²) in [5.41, 5.74) is 0.735. The molecule has 2 N–H and O–H groups in total. The van der Waals surface area contributed by atoms with Crippen LogP contribution in [0.4, 0.5) is 0 Å². The van der Waals surface area contributed by atoms with E-state index >= 15 is 0 Å². The molecular weight excluding hydrogens is 354 g/mol. The molecule has 23 heavy (non-hydrogen) atoms. The second kappa shape index (κ2) is 7.85. The molecule has 0 aromatic heterocycles. The highest BCUT2D eigenvalue weighted by Gasteiger charge is 2.40. The molecule has 1 atom stereocenters. The molecule has 1 aromatic carbocycles. The highest BCUT2D eigenvalue weighted by Crippen LogP contribution is 2.35. The quantitative estimate of drug-likeness (QED) is 0.590. The van der Waals surface area contributed by atoms with Crippen LogP contribution in [-0.4, -0.2) is 49.4 Å². The number of thiocarbonyl (C=S) groups is 1. The molecule has 1 aromatic rings. The Morgan fingerprint density at radius 1 is 1.43 bits per heavy atom. The number of carbonyl (C=O) groups is 2. The van der Waals surface area contributed by atoms with Crippen LogP contribution < -0.4 is 0 Å². The lowest BCUT2D eigenvalue weighted by atomic mass is 10.1. The van der Waals surface area contributed by atoms with Crippen molar-refractivity contribution < 1.29 is 19.8 Å². The Hall–Kier alpha value is -1.51. The molecule has 2 rings (SSSR count). The van der Waals surface area contributed by atoms with Gasteiger partial charge in [-0.25, -0.2) is 4.79 Å². The minimum absolute atomic E-state index is 0.137. The highest BCUT2D eigenvalue weighted by atomic mass is 32.2. The summed E-state index contributed by atoms with van der Waals surface area (Å²) in [4.78, 5) is 25.6. The number of phenols is 1. The number of carbonyl (C=O) groups excluding carboxylic acids is 1. The second-order valence-corrected chi connectivity index (χ2v) is 7.44. The third-order valence-corrected chi connectivity index (χ3v) is 5.18. The predicted octanol–water partition coefficient (Wildman–Crippen LogP) is 2.80. The van der Waals surface area contributed by atoms with Crippen molar-refractivity contribution >= 4 is 58.0 Å². The van der Waals surface area contributed by atoms with Crippen LogP contribution in [-0.2, 0) is 9.59 Å². The van der Waals surface area contributed by atoms with Crippen LogP contribution in [0.15, 0.2) is 29.2 Å². The third-order valence-electron chi connectivity index (χ3n) is 3.21. The first-order valence-electron chi connectivity index (χ1n) is 6.72. The van der Waals surface area contributed by atoms with Gasteiger partial charge in [-0.3, -0.25) is 9.69 Å². The molecule has 1 amide bonds. The lowest BCUT2D eigenvalue weighted by Crippen LogP contribution is -2.44. The van der Waals surface area contributed by atoms with Gasteiger partial charge >= 0.3 is 5.97 Å². The van der Waals surface area contributed by atoms with Gasteiger partial charge in [0.15, 0.2) is 0 Å². The SMILES string of the molecule is CSCC[C@H](C(=O)O)N1C(=O)/C(=C\c2ccc(O)cc2)SC1=S. The summed E-state index contributed by atoms with van der Waals surface area (Å²) in [6, 6.07) is 5.44. The maximum atomic E-state index is 12.5. The van der Waals surface area contributed by atoms with Crippen LogP contribution in [0.3, 0.4) is 0 Å². The van der Waals surface area contributed by atoms with Crippen LogP contribution in [0.2, 0.25) is 0 Å². The maximum Gasteiger partial charge on any atom is 0.326 e. The van der Waals surface area contributed by atoms with E-state index in [-0.39, 0.29) is 16.0 Å². The lowest BCUT2D eigenvalue weighted by molar-refractivity contribution is -0.145. The monoisotopic (exact) mass is 369 g/mol. The number of hydrogen-bond donors (Lipinski definition) is 2. The highest BCUT2D eigenvalue weighted by molar-refractivity contribution is 8.26. The summed E-state index contributed by atoms with van der Waals surface area (Å²) >= 11 is 7.81. The number of aromatic hydroxyl groups is 1. The Bertz CT molecular complexity index is 657. The first-order chi connectivity index (χ1) is 10.9. The van der Waals surface area contributed by atoms with E-state index in [1.54, 1.807) is 18.2 Å². The third kappa shape index (κ3) is 4.27. The summed E-state index contributed by atoms with van der Waals surface area (Å²) in [5.74, 6) is -0.675. The van der Waals surface area contributed by atoms with Gasteiger partial charge in [-0.1, -0.05) is 36.1 Å². The van der Waals surface area contributed by atoms with Crippen molar-refractivity contribution in [1.29, 1.82) is 0 Å². The summed E-state index contributed by atoms with van der Waals surface area (Å²) in [5, 5.41) is 18.7. The average Bonchev–Trinajstić information content (AvgIpc) is 2.77. The fraction of sp³-hybridized carbons (Fsp3) is 0.267. The number of hydrogen-bond acceptors (Lipinski definition) is 6. The van der Waals surface area contributed by atoms with E-state index in [9.17, 15) is 19.8 Å². The molecular formula is C15H15NO4S3. The van der Waals surface area contributed by atoms with Crippen LogP contribution in [0.1, 0.15) is 12.0 Å². The molecule has 5 nitrogen and oxygen atoms in total. The number of phenolic OH excluding ortho intramolecular Hbond substituents is 1. The van der Waals surface area contributed by atoms with Gasteiger partial charge < -0.3 is 10.2 Å². The fourth-order valence-electron chi connectivity index (χ4n) is 2.06. The van der Waals surface area contributed by atoms with Crippen molar-refractivity contribution in [2.24, 2.45) is 0 Å². The van der Waals surface area contributed by atoms with Gasteiger partial charge in [-0.05, 0) is 42.2 Å². The van der Waals surface area contributed by atoms with Gasteiger partial charge in [0.05, 0.1) is 4.91 Å². The van der Waals surface area contributed by atoms with Crippen LogP contribution in [0, 0.1) is 0 Å². The Labute approximate surface area is 147 Å². The van der Waals surface area contributed by atoms with Crippen molar-refractivity contribution in [3.05, 3.63) is 34.7 Å². The van der Waals surface area contributed by atoms with Gasteiger partial charge in [0.1, 0.15) is 16.1 Å². The minimum Gasteiger partial charge on any atom is -0.508 e. The lowest BCUT2D eigenvalue weighted by Gasteiger charge is -2.22. The summed E-state index contributed by atoms with van der Waals surface area (Å²) < 4.78 is 0.258. The van der Waals surface area contributed by atoms with Gasteiger partial charge in [0, 0.05) is 0 Å². The predicted molar refractivity (Wildman–Crippen MR) is 97.5 cm³/mol. The van der Waals surface area contributed by atoms with E-state index in [1.165, 1.54) is 28.8 Å². The summed E-state index contributed by atoms with van der Waals surface area (Å²) in [7, 11) is 0. The maximum absolute atomic E-state index is 12.5. The van der Waals surface area contributed by atoms with Crippen molar-refractivity contribution in [3.63, 3.8) is 0 Å².